The van der Waals surface area contributed by atoms with Crippen LogP contribution in [-0.2, 0) is 14.3 Å². The van der Waals surface area contributed by atoms with E-state index in [0.29, 0.717) is 0 Å². The molecule has 12 heavy (non-hydrogen) atoms. The van der Waals surface area contributed by atoms with Gasteiger partial charge in [0.2, 0.25) is 0 Å². The zero-order valence-corrected chi connectivity index (χ0v) is 7.29. The molecule has 0 aromatic carbocycles. The molecule has 0 rings (SSSR count). The minimum atomic E-state index is -0.813. The van der Waals surface area contributed by atoms with Crippen LogP contribution in [0.3, 0.4) is 0 Å². The summed E-state index contributed by atoms with van der Waals surface area (Å²) in [5, 5.41) is 0. The van der Waals surface area contributed by atoms with Crippen molar-refractivity contribution >= 4 is 11.9 Å². The molecule has 0 saturated carbocycles. The predicted molar refractivity (Wildman–Crippen MR) is 43.9 cm³/mol. The summed E-state index contributed by atoms with van der Waals surface area (Å²) < 4.78 is 4.51. The third-order valence-corrected chi connectivity index (χ3v) is 1.09. The van der Waals surface area contributed by atoms with Crippen molar-refractivity contribution in [2.75, 3.05) is 0 Å². The van der Waals surface area contributed by atoms with E-state index in [2.05, 4.69) is 11.3 Å². The molecule has 0 aromatic heterocycles. The van der Waals surface area contributed by atoms with Crippen LogP contribution >= 0.6 is 0 Å². The zero-order chi connectivity index (χ0) is 9.72. The highest BCUT2D eigenvalue weighted by atomic mass is 16.5. The molecule has 0 aliphatic heterocycles. The van der Waals surface area contributed by atoms with Crippen molar-refractivity contribution in [2.45, 2.75) is 20.3 Å². The van der Waals surface area contributed by atoms with Gasteiger partial charge in [0.15, 0.2) is 5.76 Å². The average Bonchev–Trinajstić information content (AvgIpc) is 1.84. The van der Waals surface area contributed by atoms with Gasteiger partial charge in [-0.1, -0.05) is 20.4 Å². The fourth-order valence-corrected chi connectivity index (χ4v) is 0.563. The van der Waals surface area contributed by atoms with E-state index in [9.17, 15) is 9.59 Å². The molecule has 0 atom stereocenters. The van der Waals surface area contributed by atoms with Crippen molar-refractivity contribution in [2.24, 2.45) is 11.7 Å². The Balaban J connectivity index is 3.85. The molecule has 0 aliphatic carbocycles. The van der Waals surface area contributed by atoms with Crippen LogP contribution in [0, 0.1) is 5.92 Å². The normalized spacial score (nSPS) is 9.58. The summed E-state index contributed by atoms with van der Waals surface area (Å²) in [6.07, 6.45) is 0.256. The Hall–Kier alpha value is -1.32. The van der Waals surface area contributed by atoms with Gasteiger partial charge in [0.1, 0.15) is 0 Å². The minimum absolute atomic E-state index is 0.193. The van der Waals surface area contributed by atoms with E-state index in [0.717, 1.165) is 0 Å². The first-order chi connectivity index (χ1) is 5.43. The molecular weight excluding hydrogens is 158 g/mol. The van der Waals surface area contributed by atoms with E-state index < -0.39 is 11.9 Å². The molecule has 1 amide bonds. The number of primary amides is 1. The van der Waals surface area contributed by atoms with Gasteiger partial charge in [-0.25, -0.2) is 0 Å². The summed E-state index contributed by atoms with van der Waals surface area (Å²) in [6, 6.07) is 0. The quantitative estimate of drug-likeness (QED) is 0.382. The van der Waals surface area contributed by atoms with Gasteiger partial charge < -0.3 is 10.5 Å². The fourth-order valence-electron chi connectivity index (χ4n) is 0.563. The first-order valence-electron chi connectivity index (χ1n) is 3.63. The maximum atomic E-state index is 10.9. The van der Waals surface area contributed by atoms with Gasteiger partial charge in [0, 0.05) is 6.42 Å². The summed E-state index contributed by atoms with van der Waals surface area (Å²) in [5.41, 5.74) is 4.80. The van der Waals surface area contributed by atoms with Gasteiger partial charge in [-0.3, -0.25) is 9.59 Å². The van der Waals surface area contributed by atoms with Crippen molar-refractivity contribution in [3.05, 3.63) is 12.3 Å². The number of amides is 1. The van der Waals surface area contributed by atoms with Crippen molar-refractivity contribution in [3.63, 3.8) is 0 Å². The molecule has 0 bridgehead atoms. The molecule has 4 nitrogen and oxygen atoms in total. The molecule has 2 N–H and O–H groups in total. The number of esters is 1. The standard InChI is InChI=1S/C8H13NO3/c1-5(2)4-7(10)12-6(3)8(9)11/h5H,3-4H2,1-2H3,(H2,9,11). The van der Waals surface area contributed by atoms with Crippen LogP contribution in [0.15, 0.2) is 12.3 Å². The molecule has 0 unspecified atom stereocenters. The van der Waals surface area contributed by atoms with Crippen LogP contribution in [0.2, 0.25) is 0 Å². The number of ether oxygens (including phenoxy) is 1. The molecule has 4 heteroatoms. The molecule has 0 aromatic rings. The molecule has 0 heterocycles. The Kier molecular flexibility index (Phi) is 4.04. The minimum Gasteiger partial charge on any atom is -0.421 e. The lowest BCUT2D eigenvalue weighted by Gasteiger charge is -2.05. The van der Waals surface area contributed by atoms with Crippen LogP contribution in [0.1, 0.15) is 20.3 Å². The predicted octanol–water partition coefficient (Wildman–Crippen LogP) is 0.575. The molecular formula is C8H13NO3. The van der Waals surface area contributed by atoms with Crippen LogP contribution in [-0.4, -0.2) is 11.9 Å². The lowest BCUT2D eigenvalue weighted by atomic mass is 10.1. The molecule has 0 fully saturated rings. The Bertz CT molecular complexity index is 208. The topological polar surface area (TPSA) is 69.4 Å². The fraction of sp³-hybridized carbons (Fsp3) is 0.500. The van der Waals surface area contributed by atoms with Crippen molar-refractivity contribution in [1.82, 2.24) is 0 Å². The van der Waals surface area contributed by atoms with E-state index in [4.69, 9.17) is 5.73 Å². The van der Waals surface area contributed by atoms with Gasteiger partial charge in [-0.05, 0) is 5.92 Å². The molecule has 0 saturated heterocycles. The number of hydrogen-bond acceptors (Lipinski definition) is 3. The summed E-state index contributed by atoms with van der Waals surface area (Å²) in [4.78, 5) is 21.2. The third kappa shape index (κ3) is 4.49. The number of carbonyl (C=O) groups excluding carboxylic acids is 2. The van der Waals surface area contributed by atoms with Crippen LogP contribution in [0.25, 0.3) is 0 Å². The van der Waals surface area contributed by atoms with Crippen LogP contribution in [0.5, 0.6) is 0 Å². The lowest BCUT2D eigenvalue weighted by Crippen LogP contribution is -2.18. The van der Waals surface area contributed by atoms with Gasteiger partial charge in [-0.15, -0.1) is 0 Å². The van der Waals surface area contributed by atoms with Crippen molar-refractivity contribution in [3.8, 4) is 0 Å². The van der Waals surface area contributed by atoms with E-state index >= 15 is 0 Å². The second-order valence-corrected chi connectivity index (χ2v) is 2.86. The third-order valence-electron chi connectivity index (χ3n) is 1.09. The summed E-state index contributed by atoms with van der Waals surface area (Å²) >= 11 is 0. The molecule has 0 aliphatic rings. The van der Waals surface area contributed by atoms with E-state index in [-0.39, 0.29) is 18.1 Å². The van der Waals surface area contributed by atoms with Gasteiger partial charge in [0.25, 0.3) is 5.91 Å². The number of carbonyl (C=O) groups is 2. The Morgan fingerprint density at radius 2 is 2.00 bits per heavy atom. The van der Waals surface area contributed by atoms with Crippen molar-refractivity contribution < 1.29 is 14.3 Å². The maximum absolute atomic E-state index is 10.9. The Morgan fingerprint density at radius 3 is 2.33 bits per heavy atom. The highest BCUT2D eigenvalue weighted by molar-refractivity contribution is 5.91. The number of hydrogen-bond donors (Lipinski definition) is 1. The maximum Gasteiger partial charge on any atom is 0.311 e. The Labute approximate surface area is 71.4 Å². The first kappa shape index (κ1) is 10.7. The van der Waals surface area contributed by atoms with E-state index in [1.165, 1.54) is 0 Å². The zero-order valence-electron chi connectivity index (χ0n) is 7.29. The lowest BCUT2D eigenvalue weighted by molar-refractivity contribution is -0.143. The monoisotopic (exact) mass is 171 g/mol. The highest BCUT2D eigenvalue weighted by Crippen LogP contribution is 2.03. The summed E-state index contributed by atoms with van der Waals surface area (Å²) in [6.45, 7) is 6.92. The molecule has 0 spiro atoms. The van der Waals surface area contributed by atoms with E-state index in [1.807, 2.05) is 13.8 Å². The van der Waals surface area contributed by atoms with Crippen molar-refractivity contribution in [1.29, 1.82) is 0 Å². The van der Waals surface area contributed by atoms with Gasteiger partial charge in [0.05, 0.1) is 0 Å². The smallest absolute Gasteiger partial charge is 0.311 e. The molecule has 0 radical (unpaired) electrons. The summed E-state index contributed by atoms with van der Waals surface area (Å²) in [5.74, 6) is -1.40. The second-order valence-electron chi connectivity index (χ2n) is 2.86. The average molecular weight is 171 g/mol. The second kappa shape index (κ2) is 4.54. The summed E-state index contributed by atoms with van der Waals surface area (Å²) in [7, 11) is 0. The van der Waals surface area contributed by atoms with Crippen LogP contribution < -0.4 is 5.73 Å². The Morgan fingerprint density at radius 1 is 1.50 bits per heavy atom. The number of rotatable bonds is 4. The first-order valence-corrected chi connectivity index (χ1v) is 3.63. The SMILES string of the molecule is C=C(OC(=O)CC(C)C)C(N)=O. The van der Waals surface area contributed by atoms with Crippen LogP contribution in [0.4, 0.5) is 0 Å². The molecule has 68 valence electrons. The van der Waals surface area contributed by atoms with Gasteiger partial charge >= 0.3 is 5.97 Å². The highest BCUT2D eigenvalue weighted by Gasteiger charge is 2.10. The number of nitrogens with two attached hydrogens (primary N) is 1. The van der Waals surface area contributed by atoms with E-state index in [1.54, 1.807) is 0 Å². The largest absolute Gasteiger partial charge is 0.421 e. The van der Waals surface area contributed by atoms with Gasteiger partial charge in [-0.2, -0.15) is 0 Å².